The molecule has 0 amide bonds. The normalized spacial score (nSPS) is 18.8. The number of nitrogens with one attached hydrogen (secondary N) is 1. The van der Waals surface area contributed by atoms with Crippen LogP contribution in [0, 0.1) is 0 Å². The second-order valence-electron chi connectivity index (χ2n) is 6.31. The summed E-state index contributed by atoms with van der Waals surface area (Å²) in [6, 6.07) is 10.2. The van der Waals surface area contributed by atoms with E-state index in [1.54, 1.807) is 13.2 Å². The van der Waals surface area contributed by atoms with Crippen molar-refractivity contribution in [1.82, 2.24) is 19.7 Å². The number of methoxy groups -OCH3 is 1. The molecule has 8 nitrogen and oxygen atoms in total. The van der Waals surface area contributed by atoms with Gasteiger partial charge in [0.1, 0.15) is 11.8 Å². The molecule has 0 spiro atoms. The molecule has 2 unspecified atom stereocenters. The first-order valence-electron chi connectivity index (χ1n) is 8.70. The van der Waals surface area contributed by atoms with Crippen LogP contribution in [0.4, 0.5) is 5.95 Å². The molecule has 1 fully saturated rings. The van der Waals surface area contributed by atoms with Gasteiger partial charge in [-0.05, 0) is 18.2 Å². The van der Waals surface area contributed by atoms with E-state index < -0.39 is 0 Å². The van der Waals surface area contributed by atoms with Gasteiger partial charge in [-0.15, -0.1) is 0 Å². The highest BCUT2D eigenvalue weighted by atomic mass is 35.5. The molecule has 9 heteroatoms. The molecular weight excluding hydrogens is 382 g/mol. The summed E-state index contributed by atoms with van der Waals surface area (Å²) in [6.07, 6.45) is 3.02. The Labute approximate surface area is 166 Å². The Kier molecular flexibility index (Phi) is 5.23. The smallest absolute Gasteiger partial charge is 0.267 e. The molecule has 1 saturated heterocycles. The summed E-state index contributed by atoms with van der Waals surface area (Å²) in [4.78, 5) is 20.8. The topological polar surface area (TPSA) is 91.2 Å². The molecule has 144 valence electrons. The van der Waals surface area contributed by atoms with Crippen LogP contribution in [0.3, 0.4) is 0 Å². The summed E-state index contributed by atoms with van der Waals surface area (Å²) in [5.41, 5.74) is 1.33. The first-order chi connectivity index (χ1) is 13.6. The summed E-state index contributed by atoms with van der Waals surface area (Å²) in [6.45, 7) is 0.772. The molecular formula is C19H18ClN5O3. The Morgan fingerprint density at radius 1 is 1.21 bits per heavy atom. The number of benzene rings is 1. The van der Waals surface area contributed by atoms with Crippen LogP contribution in [0.1, 0.15) is 6.04 Å². The largest absolute Gasteiger partial charge is 0.497 e. The minimum atomic E-state index is -0.294. The SMILES string of the molecule is COc1cccc(-c2ccc(=O)n(C3COCC3Nc3ncc(Cl)cn3)n2)c1. The predicted molar refractivity (Wildman–Crippen MR) is 105 cm³/mol. The molecule has 2 aromatic heterocycles. The lowest BCUT2D eigenvalue weighted by Crippen LogP contribution is -2.37. The number of hydrogen-bond donors (Lipinski definition) is 1. The zero-order valence-electron chi connectivity index (χ0n) is 15.1. The molecule has 2 atom stereocenters. The van der Waals surface area contributed by atoms with E-state index in [2.05, 4.69) is 20.4 Å². The minimum Gasteiger partial charge on any atom is -0.497 e. The average Bonchev–Trinajstić information content (AvgIpc) is 3.18. The maximum absolute atomic E-state index is 12.5. The molecule has 28 heavy (non-hydrogen) atoms. The number of halogens is 1. The highest BCUT2D eigenvalue weighted by molar-refractivity contribution is 6.30. The fourth-order valence-corrected chi connectivity index (χ4v) is 3.17. The van der Waals surface area contributed by atoms with Crippen LogP contribution in [0.15, 0.2) is 53.6 Å². The molecule has 3 aromatic rings. The first kappa shape index (κ1) is 18.4. The van der Waals surface area contributed by atoms with E-state index in [4.69, 9.17) is 21.1 Å². The van der Waals surface area contributed by atoms with E-state index in [0.29, 0.717) is 29.9 Å². The lowest BCUT2D eigenvalue weighted by Gasteiger charge is -2.20. The summed E-state index contributed by atoms with van der Waals surface area (Å²) in [5, 5.41) is 8.22. The Hall–Kier alpha value is -2.97. The second-order valence-corrected chi connectivity index (χ2v) is 6.75. The van der Waals surface area contributed by atoms with Crippen LogP contribution in [0.5, 0.6) is 5.75 Å². The number of hydrogen-bond acceptors (Lipinski definition) is 7. The average molecular weight is 400 g/mol. The highest BCUT2D eigenvalue weighted by Crippen LogP contribution is 2.24. The van der Waals surface area contributed by atoms with E-state index >= 15 is 0 Å². The van der Waals surface area contributed by atoms with Gasteiger partial charge >= 0.3 is 0 Å². The third-order valence-electron chi connectivity index (χ3n) is 4.49. The van der Waals surface area contributed by atoms with Gasteiger partial charge in [0.05, 0.1) is 49.5 Å². The van der Waals surface area contributed by atoms with Crippen LogP contribution in [0.25, 0.3) is 11.3 Å². The molecule has 1 N–H and O–H groups in total. The highest BCUT2D eigenvalue weighted by Gasteiger charge is 2.32. The van der Waals surface area contributed by atoms with Crippen molar-refractivity contribution in [2.24, 2.45) is 0 Å². The summed E-state index contributed by atoms with van der Waals surface area (Å²) in [5.74, 6) is 1.14. The molecule has 3 heterocycles. The number of nitrogens with zero attached hydrogens (tertiary/aromatic N) is 4. The Bertz CT molecular complexity index is 1020. The van der Waals surface area contributed by atoms with E-state index in [-0.39, 0.29) is 17.6 Å². The molecule has 1 aromatic carbocycles. The van der Waals surface area contributed by atoms with Crippen molar-refractivity contribution in [3.8, 4) is 17.0 Å². The maximum Gasteiger partial charge on any atom is 0.267 e. The van der Waals surface area contributed by atoms with E-state index in [9.17, 15) is 4.79 Å². The minimum absolute atomic E-state index is 0.202. The molecule has 0 radical (unpaired) electrons. The van der Waals surface area contributed by atoms with Crippen LogP contribution in [-0.2, 0) is 4.74 Å². The van der Waals surface area contributed by atoms with Gasteiger partial charge in [-0.2, -0.15) is 5.10 Å². The number of aromatic nitrogens is 4. The molecule has 1 aliphatic rings. The van der Waals surface area contributed by atoms with Crippen LogP contribution >= 0.6 is 11.6 Å². The van der Waals surface area contributed by atoms with Gasteiger partial charge in [0, 0.05) is 11.6 Å². The van der Waals surface area contributed by atoms with Gasteiger partial charge in [-0.1, -0.05) is 23.7 Å². The Balaban J connectivity index is 1.63. The van der Waals surface area contributed by atoms with Crippen LogP contribution in [-0.4, -0.2) is 46.1 Å². The van der Waals surface area contributed by atoms with E-state index in [0.717, 1.165) is 11.3 Å². The molecule has 0 saturated carbocycles. The summed E-state index contributed by atoms with van der Waals surface area (Å²) in [7, 11) is 1.61. The van der Waals surface area contributed by atoms with Crippen molar-refractivity contribution in [3.63, 3.8) is 0 Å². The maximum atomic E-state index is 12.5. The summed E-state index contributed by atoms with van der Waals surface area (Å²) < 4.78 is 12.3. The van der Waals surface area contributed by atoms with Crippen molar-refractivity contribution in [2.75, 3.05) is 25.6 Å². The lowest BCUT2D eigenvalue weighted by molar-refractivity contribution is 0.183. The zero-order chi connectivity index (χ0) is 19.5. The van der Waals surface area contributed by atoms with Crippen LogP contribution < -0.4 is 15.6 Å². The number of ether oxygens (including phenoxy) is 2. The van der Waals surface area contributed by atoms with Crippen molar-refractivity contribution >= 4 is 17.5 Å². The van der Waals surface area contributed by atoms with Gasteiger partial charge in [0.2, 0.25) is 5.95 Å². The van der Waals surface area contributed by atoms with Gasteiger partial charge < -0.3 is 14.8 Å². The monoisotopic (exact) mass is 399 g/mol. The van der Waals surface area contributed by atoms with E-state index in [1.165, 1.54) is 23.1 Å². The Morgan fingerprint density at radius 3 is 2.82 bits per heavy atom. The van der Waals surface area contributed by atoms with Crippen molar-refractivity contribution < 1.29 is 9.47 Å². The van der Waals surface area contributed by atoms with Crippen LogP contribution in [0.2, 0.25) is 5.02 Å². The third kappa shape index (κ3) is 3.83. The van der Waals surface area contributed by atoms with Crippen molar-refractivity contribution in [2.45, 2.75) is 12.1 Å². The Morgan fingerprint density at radius 2 is 2.04 bits per heavy atom. The number of anilines is 1. The fraction of sp³-hybridized carbons (Fsp3) is 0.263. The number of rotatable bonds is 5. The fourth-order valence-electron chi connectivity index (χ4n) is 3.07. The predicted octanol–water partition coefficient (Wildman–Crippen LogP) is 2.41. The van der Waals surface area contributed by atoms with Gasteiger partial charge in [-0.25, -0.2) is 14.6 Å². The van der Waals surface area contributed by atoms with Gasteiger partial charge in [0.25, 0.3) is 5.56 Å². The molecule has 1 aliphatic heterocycles. The van der Waals surface area contributed by atoms with Gasteiger partial charge in [-0.3, -0.25) is 4.79 Å². The zero-order valence-corrected chi connectivity index (χ0v) is 15.8. The second kappa shape index (κ2) is 7.95. The third-order valence-corrected chi connectivity index (χ3v) is 4.69. The first-order valence-corrected chi connectivity index (χ1v) is 9.08. The standard InChI is InChI=1S/C19H18ClN5O3/c1-27-14-4-2-3-12(7-14)15-5-6-18(26)25(24-15)17-11-28-10-16(17)23-19-21-8-13(20)9-22-19/h2-9,16-17H,10-11H2,1H3,(H,21,22,23). The van der Waals surface area contributed by atoms with Gasteiger partial charge in [0.15, 0.2) is 0 Å². The summed E-state index contributed by atoms with van der Waals surface area (Å²) >= 11 is 5.83. The molecule has 4 rings (SSSR count). The molecule has 0 aliphatic carbocycles. The van der Waals surface area contributed by atoms with E-state index in [1.807, 2.05) is 24.3 Å². The lowest BCUT2D eigenvalue weighted by atomic mass is 10.1. The van der Waals surface area contributed by atoms with Crippen molar-refractivity contribution in [1.29, 1.82) is 0 Å². The quantitative estimate of drug-likeness (QED) is 0.704. The van der Waals surface area contributed by atoms with Crippen molar-refractivity contribution in [3.05, 3.63) is 64.2 Å². The molecule has 0 bridgehead atoms.